The summed E-state index contributed by atoms with van der Waals surface area (Å²) in [6.45, 7) is 9.44. The lowest BCUT2D eigenvalue weighted by Gasteiger charge is -2.25. The Labute approximate surface area is 109 Å². The average molecular weight is 292 g/mol. The molecule has 3 heteroatoms. The van der Waals surface area contributed by atoms with Crippen molar-refractivity contribution in [3.63, 3.8) is 0 Å². The van der Waals surface area contributed by atoms with E-state index in [0.29, 0.717) is 0 Å². The van der Waals surface area contributed by atoms with Crippen molar-refractivity contribution in [2.75, 3.05) is 6.54 Å². The van der Waals surface area contributed by atoms with Crippen LogP contribution < -0.4 is 5.32 Å². The summed E-state index contributed by atoms with van der Waals surface area (Å²) in [5.74, 6) is 0.117. The predicted octanol–water partition coefficient (Wildman–Crippen LogP) is 3.88. The molecule has 1 amide bonds. The number of hydrogen-bond donors (Lipinski definition) is 1. The molecule has 0 aromatic carbocycles. The zero-order valence-corrected chi connectivity index (χ0v) is 12.7. The minimum atomic E-state index is -0.0426. The molecule has 0 spiro atoms. The van der Waals surface area contributed by atoms with Crippen molar-refractivity contribution in [3.8, 4) is 0 Å². The van der Waals surface area contributed by atoms with E-state index in [9.17, 15) is 4.79 Å². The third kappa shape index (κ3) is 7.26. The van der Waals surface area contributed by atoms with Crippen molar-refractivity contribution >= 4 is 21.8 Å². The van der Waals surface area contributed by atoms with Crippen LogP contribution in [0, 0.1) is 5.41 Å². The minimum absolute atomic E-state index is 0.0426. The van der Waals surface area contributed by atoms with Gasteiger partial charge < -0.3 is 5.32 Å². The monoisotopic (exact) mass is 291 g/mol. The molecule has 0 aromatic rings. The summed E-state index contributed by atoms with van der Waals surface area (Å²) in [7, 11) is 0. The summed E-state index contributed by atoms with van der Waals surface area (Å²) in [5.41, 5.74) is 0.214. The molecule has 0 heterocycles. The number of rotatable bonds is 8. The van der Waals surface area contributed by atoms with Crippen LogP contribution in [0.25, 0.3) is 0 Å². The van der Waals surface area contributed by atoms with Gasteiger partial charge >= 0.3 is 0 Å². The third-order valence-electron chi connectivity index (χ3n) is 2.84. The van der Waals surface area contributed by atoms with E-state index in [-0.39, 0.29) is 16.1 Å². The maximum absolute atomic E-state index is 11.6. The van der Waals surface area contributed by atoms with Crippen LogP contribution in [-0.4, -0.2) is 17.3 Å². The molecular formula is C13H26BrNO. The van der Waals surface area contributed by atoms with E-state index in [4.69, 9.17) is 0 Å². The van der Waals surface area contributed by atoms with E-state index >= 15 is 0 Å². The van der Waals surface area contributed by atoms with Gasteiger partial charge in [-0.05, 0) is 18.3 Å². The first kappa shape index (κ1) is 16.0. The van der Waals surface area contributed by atoms with Crippen molar-refractivity contribution in [1.82, 2.24) is 5.32 Å². The Balaban J connectivity index is 3.84. The smallest absolute Gasteiger partial charge is 0.233 e. The Morgan fingerprint density at radius 1 is 1.31 bits per heavy atom. The Morgan fingerprint density at radius 2 is 1.94 bits per heavy atom. The van der Waals surface area contributed by atoms with Gasteiger partial charge in [-0.2, -0.15) is 0 Å². The molecule has 0 rings (SSSR count). The highest BCUT2D eigenvalue weighted by Gasteiger charge is 2.20. The molecule has 2 nitrogen and oxygen atoms in total. The van der Waals surface area contributed by atoms with E-state index in [0.717, 1.165) is 13.0 Å². The summed E-state index contributed by atoms with van der Waals surface area (Å²) in [6.07, 6.45) is 5.81. The molecule has 16 heavy (non-hydrogen) atoms. The number of carbonyl (C=O) groups is 1. The van der Waals surface area contributed by atoms with Crippen LogP contribution >= 0.6 is 15.9 Å². The van der Waals surface area contributed by atoms with Crippen molar-refractivity contribution in [2.24, 2.45) is 5.41 Å². The van der Waals surface area contributed by atoms with Crippen molar-refractivity contribution in [2.45, 2.75) is 64.6 Å². The van der Waals surface area contributed by atoms with Gasteiger partial charge in [-0.1, -0.05) is 62.9 Å². The minimum Gasteiger partial charge on any atom is -0.355 e. The van der Waals surface area contributed by atoms with Gasteiger partial charge in [0.2, 0.25) is 5.91 Å². The first-order valence-electron chi connectivity index (χ1n) is 6.34. The quantitative estimate of drug-likeness (QED) is 0.534. The molecule has 0 aromatic heterocycles. The molecule has 96 valence electrons. The summed E-state index contributed by atoms with van der Waals surface area (Å²) >= 11 is 3.36. The molecule has 1 atom stereocenters. The summed E-state index contributed by atoms with van der Waals surface area (Å²) in [5, 5.41) is 3.01. The normalized spacial score (nSPS) is 13.6. The molecular weight excluding hydrogens is 266 g/mol. The standard InChI is InChI=1S/C13H26BrNO/c1-5-7-8-9-13(3,4)10-15-12(16)11(14)6-2/h11H,5-10H2,1-4H3,(H,15,16). The second-order valence-corrected chi connectivity index (χ2v) is 6.32. The maximum Gasteiger partial charge on any atom is 0.233 e. The zero-order valence-electron chi connectivity index (χ0n) is 11.1. The van der Waals surface area contributed by atoms with Gasteiger partial charge in [-0.25, -0.2) is 0 Å². The Hall–Kier alpha value is -0.0500. The molecule has 0 bridgehead atoms. The van der Waals surface area contributed by atoms with E-state index in [1.165, 1.54) is 25.7 Å². The lowest BCUT2D eigenvalue weighted by Crippen LogP contribution is -2.37. The first-order chi connectivity index (χ1) is 7.43. The summed E-state index contributed by atoms with van der Waals surface area (Å²) in [6, 6.07) is 0. The molecule has 0 aliphatic carbocycles. The highest BCUT2D eigenvalue weighted by Crippen LogP contribution is 2.22. The van der Waals surface area contributed by atoms with Gasteiger partial charge in [0.1, 0.15) is 0 Å². The van der Waals surface area contributed by atoms with Gasteiger partial charge in [0, 0.05) is 6.54 Å². The van der Waals surface area contributed by atoms with Crippen molar-refractivity contribution < 1.29 is 4.79 Å². The summed E-state index contributed by atoms with van der Waals surface area (Å²) < 4.78 is 0. The van der Waals surface area contributed by atoms with Crippen LogP contribution in [0.15, 0.2) is 0 Å². The molecule has 0 saturated carbocycles. The van der Waals surface area contributed by atoms with Gasteiger partial charge in [-0.15, -0.1) is 0 Å². The molecule has 0 radical (unpaired) electrons. The van der Waals surface area contributed by atoms with Crippen LogP contribution in [0.2, 0.25) is 0 Å². The van der Waals surface area contributed by atoms with Gasteiger partial charge in [0.05, 0.1) is 4.83 Å². The topological polar surface area (TPSA) is 29.1 Å². The molecule has 0 fully saturated rings. The highest BCUT2D eigenvalue weighted by molar-refractivity contribution is 9.10. The fraction of sp³-hybridized carbons (Fsp3) is 0.923. The predicted molar refractivity (Wildman–Crippen MR) is 73.9 cm³/mol. The number of nitrogens with one attached hydrogen (secondary N) is 1. The second-order valence-electron chi connectivity index (χ2n) is 5.21. The number of hydrogen-bond acceptors (Lipinski definition) is 1. The highest BCUT2D eigenvalue weighted by atomic mass is 79.9. The van der Waals surface area contributed by atoms with Crippen molar-refractivity contribution in [3.05, 3.63) is 0 Å². The van der Waals surface area contributed by atoms with Gasteiger partial charge in [0.25, 0.3) is 0 Å². The molecule has 1 unspecified atom stereocenters. The van der Waals surface area contributed by atoms with Crippen LogP contribution in [0.1, 0.15) is 59.8 Å². The number of unbranched alkanes of at least 4 members (excludes halogenated alkanes) is 2. The fourth-order valence-corrected chi connectivity index (χ4v) is 1.73. The molecule has 0 aliphatic rings. The van der Waals surface area contributed by atoms with Gasteiger partial charge in [0.15, 0.2) is 0 Å². The van der Waals surface area contributed by atoms with Crippen LogP contribution in [-0.2, 0) is 4.79 Å². The van der Waals surface area contributed by atoms with E-state index in [1.54, 1.807) is 0 Å². The Bertz CT molecular complexity index is 204. The number of halogens is 1. The fourth-order valence-electron chi connectivity index (χ4n) is 1.56. The largest absolute Gasteiger partial charge is 0.355 e. The third-order valence-corrected chi connectivity index (χ3v) is 3.90. The Morgan fingerprint density at radius 3 is 2.44 bits per heavy atom. The second kappa shape index (κ2) is 8.10. The van der Waals surface area contributed by atoms with Crippen molar-refractivity contribution in [1.29, 1.82) is 0 Å². The van der Waals surface area contributed by atoms with Gasteiger partial charge in [-0.3, -0.25) is 4.79 Å². The average Bonchev–Trinajstić information content (AvgIpc) is 2.25. The lowest BCUT2D eigenvalue weighted by molar-refractivity contribution is -0.120. The van der Waals surface area contributed by atoms with Crippen LogP contribution in [0.5, 0.6) is 0 Å². The molecule has 0 saturated heterocycles. The van der Waals surface area contributed by atoms with E-state index < -0.39 is 0 Å². The Kier molecular flexibility index (Phi) is 8.08. The van der Waals surface area contributed by atoms with Crippen LogP contribution in [0.4, 0.5) is 0 Å². The first-order valence-corrected chi connectivity index (χ1v) is 7.26. The van der Waals surface area contributed by atoms with E-state index in [1.807, 2.05) is 6.92 Å². The SMILES string of the molecule is CCCCCC(C)(C)CNC(=O)C(Br)CC. The van der Waals surface area contributed by atoms with Crippen LogP contribution in [0.3, 0.4) is 0 Å². The number of carbonyl (C=O) groups excluding carboxylic acids is 1. The maximum atomic E-state index is 11.6. The zero-order chi connectivity index (χ0) is 12.6. The van der Waals surface area contributed by atoms with E-state index in [2.05, 4.69) is 42.0 Å². The number of amides is 1. The molecule has 0 aliphatic heterocycles. The lowest BCUT2D eigenvalue weighted by atomic mass is 9.87. The number of alkyl halides is 1. The summed E-state index contributed by atoms with van der Waals surface area (Å²) in [4.78, 5) is 11.6. The molecule has 1 N–H and O–H groups in total.